The third kappa shape index (κ3) is 3.40. The molecule has 0 aliphatic heterocycles. The Labute approximate surface area is 118 Å². The van der Waals surface area contributed by atoms with Crippen LogP contribution in [0, 0.1) is 12.7 Å². The molecule has 0 radical (unpaired) electrons. The minimum absolute atomic E-state index is 0.0981. The van der Waals surface area contributed by atoms with Crippen LogP contribution < -0.4 is 4.72 Å². The van der Waals surface area contributed by atoms with Gasteiger partial charge in [0.1, 0.15) is 11.6 Å². The Hall–Kier alpha value is -1.25. The molecule has 2 aromatic rings. The first-order chi connectivity index (χ1) is 8.88. The van der Waals surface area contributed by atoms with E-state index in [-0.39, 0.29) is 21.8 Å². The standard InChI is InChI=1S/C11H10BrFN2O3S/c1-7-5-14-11(18-7)6-15-19(16,17)10-4-8(13)2-3-9(10)12/h2-5,15H,6H2,1H3. The van der Waals surface area contributed by atoms with Crippen LogP contribution in [0.15, 0.2) is 38.2 Å². The van der Waals surface area contributed by atoms with Crippen LogP contribution in [-0.2, 0) is 16.6 Å². The van der Waals surface area contributed by atoms with Crippen molar-refractivity contribution in [2.45, 2.75) is 18.4 Å². The lowest BCUT2D eigenvalue weighted by atomic mass is 10.3. The van der Waals surface area contributed by atoms with Gasteiger partial charge in [-0.2, -0.15) is 0 Å². The number of hydrogen-bond acceptors (Lipinski definition) is 4. The van der Waals surface area contributed by atoms with E-state index in [0.29, 0.717) is 5.76 Å². The average molecular weight is 349 g/mol. The number of halogens is 2. The Balaban J connectivity index is 2.20. The fourth-order valence-corrected chi connectivity index (χ4v) is 3.35. The van der Waals surface area contributed by atoms with Gasteiger partial charge in [0.15, 0.2) is 0 Å². The van der Waals surface area contributed by atoms with E-state index in [9.17, 15) is 12.8 Å². The molecule has 1 N–H and O–H groups in total. The highest BCUT2D eigenvalue weighted by Crippen LogP contribution is 2.22. The van der Waals surface area contributed by atoms with Crippen molar-refractivity contribution < 1.29 is 17.2 Å². The SMILES string of the molecule is Cc1cnc(CNS(=O)(=O)c2cc(F)ccc2Br)o1. The van der Waals surface area contributed by atoms with Crippen molar-refractivity contribution in [3.8, 4) is 0 Å². The summed E-state index contributed by atoms with van der Waals surface area (Å²) in [5.74, 6) is 0.199. The van der Waals surface area contributed by atoms with Crippen LogP contribution in [0.1, 0.15) is 11.7 Å². The van der Waals surface area contributed by atoms with Crippen molar-refractivity contribution in [1.82, 2.24) is 9.71 Å². The second-order valence-corrected chi connectivity index (χ2v) is 6.35. The van der Waals surface area contributed by atoms with Crippen molar-refractivity contribution in [2.24, 2.45) is 0 Å². The van der Waals surface area contributed by atoms with Crippen LogP contribution in [0.3, 0.4) is 0 Å². The van der Waals surface area contributed by atoms with Gasteiger partial charge < -0.3 is 4.42 Å². The highest BCUT2D eigenvalue weighted by Gasteiger charge is 2.19. The first-order valence-electron chi connectivity index (χ1n) is 5.24. The molecule has 2 rings (SSSR count). The zero-order valence-electron chi connectivity index (χ0n) is 9.85. The van der Waals surface area contributed by atoms with Gasteiger partial charge in [0, 0.05) is 4.47 Å². The quantitative estimate of drug-likeness (QED) is 0.920. The molecule has 0 spiro atoms. The molecule has 1 heterocycles. The van der Waals surface area contributed by atoms with Crippen molar-refractivity contribution in [3.63, 3.8) is 0 Å². The maximum Gasteiger partial charge on any atom is 0.242 e. The predicted octanol–water partition coefficient (Wildman–Crippen LogP) is 2.36. The molecular weight excluding hydrogens is 339 g/mol. The molecule has 1 aromatic heterocycles. The van der Waals surface area contributed by atoms with E-state index < -0.39 is 15.8 Å². The zero-order valence-corrected chi connectivity index (χ0v) is 12.3. The van der Waals surface area contributed by atoms with Crippen molar-refractivity contribution in [1.29, 1.82) is 0 Å². The van der Waals surface area contributed by atoms with Crippen LogP contribution >= 0.6 is 15.9 Å². The van der Waals surface area contributed by atoms with E-state index in [1.807, 2.05) is 0 Å². The summed E-state index contributed by atoms with van der Waals surface area (Å²) in [6.45, 7) is 1.60. The van der Waals surface area contributed by atoms with E-state index in [1.54, 1.807) is 6.92 Å². The summed E-state index contributed by atoms with van der Waals surface area (Å²) in [5.41, 5.74) is 0. The Morgan fingerprint density at radius 1 is 1.47 bits per heavy atom. The Morgan fingerprint density at radius 3 is 2.84 bits per heavy atom. The maximum atomic E-state index is 13.1. The van der Waals surface area contributed by atoms with Gasteiger partial charge in [0.05, 0.1) is 17.6 Å². The molecule has 0 aliphatic carbocycles. The molecule has 8 heteroatoms. The number of hydrogen-bond donors (Lipinski definition) is 1. The number of aryl methyl sites for hydroxylation is 1. The van der Waals surface area contributed by atoms with Gasteiger partial charge >= 0.3 is 0 Å². The van der Waals surface area contributed by atoms with Gasteiger partial charge in [0.25, 0.3) is 0 Å². The van der Waals surface area contributed by atoms with Crippen LogP contribution in [0.2, 0.25) is 0 Å². The highest BCUT2D eigenvalue weighted by atomic mass is 79.9. The second kappa shape index (κ2) is 5.40. The minimum Gasteiger partial charge on any atom is -0.445 e. The van der Waals surface area contributed by atoms with Gasteiger partial charge in [-0.05, 0) is 41.1 Å². The molecule has 19 heavy (non-hydrogen) atoms. The first-order valence-corrected chi connectivity index (χ1v) is 7.52. The number of aromatic nitrogens is 1. The van der Waals surface area contributed by atoms with Crippen LogP contribution in [0.5, 0.6) is 0 Å². The van der Waals surface area contributed by atoms with Gasteiger partial charge in [-0.1, -0.05) is 0 Å². The van der Waals surface area contributed by atoms with E-state index >= 15 is 0 Å². The summed E-state index contributed by atoms with van der Waals surface area (Å²) in [6, 6.07) is 3.44. The summed E-state index contributed by atoms with van der Waals surface area (Å²) in [6.07, 6.45) is 1.49. The largest absolute Gasteiger partial charge is 0.445 e. The molecule has 0 saturated heterocycles. The van der Waals surface area contributed by atoms with Crippen LogP contribution in [-0.4, -0.2) is 13.4 Å². The van der Waals surface area contributed by atoms with Crippen molar-refractivity contribution >= 4 is 26.0 Å². The van der Waals surface area contributed by atoms with E-state index in [2.05, 4.69) is 25.6 Å². The van der Waals surface area contributed by atoms with Gasteiger partial charge in [-0.25, -0.2) is 22.5 Å². The fourth-order valence-electron chi connectivity index (χ4n) is 1.40. The Bertz CT molecular complexity index is 700. The molecule has 0 atom stereocenters. The number of nitrogens with one attached hydrogen (secondary N) is 1. The van der Waals surface area contributed by atoms with E-state index in [1.165, 1.54) is 18.3 Å². The van der Waals surface area contributed by atoms with Gasteiger partial charge in [-0.3, -0.25) is 0 Å². The molecule has 0 saturated carbocycles. The lowest BCUT2D eigenvalue weighted by Gasteiger charge is -2.07. The summed E-state index contributed by atoms with van der Waals surface area (Å²) in [4.78, 5) is 3.70. The Kier molecular flexibility index (Phi) is 4.02. The monoisotopic (exact) mass is 348 g/mol. The number of oxazole rings is 1. The van der Waals surface area contributed by atoms with Gasteiger partial charge in [0.2, 0.25) is 15.9 Å². The molecular formula is C11H10BrFN2O3S. The molecule has 0 aliphatic rings. The lowest BCUT2D eigenvalue weighted by Crippen LogP contribution is -2.23. The summed E-state index contributed by atoms with van der Waals surface area (Å²) < 4.78 is 44.8. The molecule has 0 fully saturated rings. The lowest BCUT2D eigenvalue weighted by molar-refractivity contribution is 0.463. The molecule has 102 valence electrons. The van der Waals surface area contributed by atoms with Crippen LogP contribution in [0.4, 0.5) is 4.39 Å². The third-order valence-electron chi connectivity index (χ3n) is 2.27. The number of nitrogens with zero attached hydrogens (tertiary/aromatic N) is 1. The van der Waals surface area contributed by atoms with Crippen LogP contribution in [0.25, 0.3) is 0 Å². The number of rotatable bonds is 4. The second-order valence-electron chi connectivity index (χ2n) is 3.76. The van der Waals surface area contributed by atoms with Crippen molar-refractivity contribution in [3.05, 3.63) is 46.3 Å². The number of benzene rings is 1. The molecule has 0 amide bonds. The summed E-state index contributed by atoms with van der Waals surface area (Å²) in [7, 11) is -3.84. The minimum atomic E-state index is -3.84. The maximum absolute atomic E-state index is 13.1. The summed E-state index contributed by atoms with van der Waals surface area (Å²) >= 11 is 3.07. The molecule has 0 unspecified atom stereocenters. The smallest absolute Gasteiger partial charge is 0.242 e. The predicted molar refractivity (Wildman–Crippen MR) is 69.4 cm³/mol. The fraction of sp³-hybridized carbons (Fsp3) is 0.182. The first kappa shape index (κ1) is 14.2. The Morgan fingerprint density at radius 2 is 2.21 bits per heavy atom. The molecule has 5 nitrogen and oxygen atoms in total. The summed E-state index contributed by atoms with van der Waals surface area (Å²) in [5, 5.41) is 0. The highest BCUT2D eigenvalue weighted by molar-refractivity contribution is 9.10. The third-order valence-corrected chi connectivity index (χ3v) is 4.66. The number of sulfonamides is 1. The normalized spacial score (nSPS) is 11.7. The topological polar surface area (TPSA) is 72.2 Å². The van der Waals surface area contributed by atoms with Crippen molar-refractivity contribution in [2.75, 3.05) is 0 Å². The van der Waals surface area contributed by atoms with E-state index in [0.717, 1.165) is 6.07 Å². The van der Waals surface area contributed by atoms with Gasteiger partial charge in [-0.15, -0.1) is 0 Å². The average Bonchev–Trinajstić information content (AvgIpc) is 2.76. The zero-order chi connectivity index (χ0) is 14.0. The van der Waals surface area contributed by atoms with E-state index in [4.69, 9.17) is 4.42 Å². The molecule has 0 bridgehead atoms. The molecule has 1 aromatic carbocycles.